The summed E-state index contributed by atoms with van der Waals surface area (Å²) in [5.41, 5.74) is 1.30. The van der Waals surface area contributed by atoms with Crippen LogP contribution in [-0.2, 0) is 6.42 Å². The van der Waals surface area contributed by atoms with Crippen molar-refractivity contribution in [3.63, 3.8) is 0 Å². The summed E-state index contributed by atoms with van der Waals surface area (Å²) in [5, 5.41) is 2.98. The molecule has 1 aromatic heterocycles. The Balaban J connectivity index is 1.67. The van der Waals surface area contributed by atoms with Crippen LogP contribution in [0.25, 0.3) is 10.6 Å². The number of aromatic nitrogens is 1. The minimum Gasteiger partial charge on any atom is -0.497 e. The third-order valence-electron chi connectivity index (χ3n) is 4.04. The van der Waals surface area contributed by atoms with Gasteiger partial charge in [0.05, 0.1) is 18.4 Å². The molecule has 1 amide bonds. The van der Waals surface area contributed by atoms with Gasteiger partial charge in [-0.15, -0.1) is 11.3 Å². The summed E-state index contributed by atoms with van der Waals surface area (Å²) < 4.78 is 33.0. The molecule has 27 heavy (non-hydrogen) atoms. The number of benzene rings is 2. The Morgan fingerprint density at radius 3 is 2.44 bits per heavy atom. The van der Waals surface area contributed by atoms with Gasteiger partial charge in [0.15, 0.2) is 0 Å². The summed E-state index contributed by atoms with van der Waals surface area (Å²) >= 11 is 0.981. The molecule has 3 aromatic rings. The summed E-state index contributed by atoms with van der Waals surface area (Å²) in [6, 6.07) is 11.2. The number of hydrogen-bond donors (Lipinski definition) is 1. The number of amides is 1. The number of carbonyl (C=O) groups excluding carboxylic acids is 1. The van der Waals surface area contributed by atoms with Gasteiger partial charge in [-0.05, 0) is 43.2 Å². The van der Waals surface area contributed by atoms with Gasteiger partial charge in [-0.1, -0.05) is 18.2 Å². The smallest absolute Gasteiger partial charge is 0.263 e. The predicted molar refractivity (Wildman–Crippen MR) is 101 cm³/mol. The molecule has 1 heterocycles. The third kappa shape index (κ3) is 4.31. The quantitative estimate of drug-likeness (QED) is 0.682. The molecule has 0 atom stereocenters. The number of halogens is 2. The van der Waals surface area contributed by atoms with Crippen LogP contribution >= 0.6 is 11.3 Å². The second-order valence-electron chi connectivity index (χ2n) is 5.88. The molecule has 0 aliphatic heterocycles. The van der Waals surface area contributed by atoms with E-state index in [0.717, 1.165) is 22.6 Å². The molecule has 140 valence electrons. The van der Waals surface area contributed by atoms with Crippen LogP contribution < -0.4 is 10.1 Å². The summed E-state index contributed by atoms with van der Waals surface area (Å²) in [7, 11) is 1.61. The van der Waals surface area contributed by atoms with Gasteiger partial charge in [-0.2, -0.15) is 0 Å². The van der Waals surface area contributed by atoms with Crippen molar-refractivity contribution in [1.29, 1.82) is 0 Å². The molecule has 0 aliphatic carbocycles. The molecular weight excluding hydrogens is 370 g/mol. The second kappa shape index (κ2) is 8.26. The van der Waals surface area contributed by atoms with Gasteiger partial charge in [-0.3, -0.25) is 4.79 Å². The minimum atomic E-state index is -0.699. The minimum absolute atomic E-state index is 0.156. The van der Waals surface area contributed by atoms with Crippen molar-refractivity contribution in [3.8, 4) is 16.3 Å². The molecule has 0 saturated heterocycles. The van der Waals surface area contributed by atoms with Crippen molar-refractivity contribution in [1.82, 2.24) is 10.3 Å². The van der Waals surface area contributed by atoms with Crippen LogP contribution in [0.3, 0.4) is 0 Å². The lowest BCUT2D eigenvalue weighted by Crippen LogP contribution is -2.25. The Kier molecular flexibility index (Phi) is 5.81. The molecule has 3 rings (SSSR count). The molecule has 0 aliphatic rings. The summed E-state index contributed by atoms with van der Waals surface area (Å²) in [5.74, 6) is -0.928. The first kappa shape index (κ1) is 19.0. The molecule has 0 radical (unpaired) electrons. The van der Waals surface area contributed by atoms with Crippen molar-refractivity contribution < 1.29 is 18.3 Å². The van der Waals surface area contributed by atoms with Crippen molar-refractivity contribution in [2.45, 2.75) is 13.3 Å². The van der Waals surface area contributed by atoms with E-state index >= 15 is 0 Å². The highest BCUT2D eigenvalue weighted by atomic mass is 32.1. The SMILES string of the molecule is COc1ccc(CCNC(=O)c2sc(-c3c(F)cccc3F)nc2C)cc1. The van der Waals surface area contributed by atoms with E-state index < -0.39 is 11.6 Å². The fourth-order valence-electron chi connectivity index (χ4n) is 2.61. The fraction of sp³-hybridized carbons (Fsp3) is 0.200. The molecule has 0 saturated carbocycles. The van der Waals surface area contributed by atoms with Crippen LogP contribution in [0.4, 0.5) is 8.78 Å². The monoisotopic (exact) mass is 388 g/mol. The predicted octanol–water partition coefficient (Wildman–Crippen LogP) is 4.38. The van der Waals surface area contributed by atoms with Crippen LogP contribution in [0, 0.1) is 18.6 Å². The zero-order valence-corrected chi connectivity index (χ0v) is 15.7. The zero-order valence-electron chi connectivity index (χ0n) is 14.9. The largest absolute Gasteiger partial charge is 0.497 e. The number of ether oxygens (including phenoxy) is 1. The number of thiazole rings is 1. The fourth-order valence-corrected chi connectivity index (χ4v) is 3.64. The van der Waals surface area contributed by atoms with Gasteiger partial charge in [-0.25, -0.2) is 13.8 Å². The average molecular weight is 388 g/mol. The van der Waals surface area contributed by atoms with E-state index in [1.54, 1.807) is 14.0 Å². The van der Waals surface area contributed by atoms with Gasteiger partial charge < -0.3 is 10.1 Å². The number of nitrogens with zero attached hydrogens (tertiary/aromatic N) is 1. The number of rotatable bonds is 6. The van der Waals surface area contributed by atoms with E-state index in [9.17, 15) is 13.6 Å². The maximum atomic E-state index is 13.9. The maximum Gasteiger partial charge on any atom is 0.263 e. The molecule has 4 nitrogen and oxygen atoms in total. The van der Waals surface area contributed by atoms with E-state index in [1.807, 2.05) is 24.3 Å². The Morgan fingerprint density at radius 2 is 1.81 bits per heavy atom. The first-order valence-corrected chi connectivity index (χ1v) is 9.14. The Bertz CT molecular complexity index is 935. The highest BCUT2D eigenvalue weighted by Gasteiger charge is 2.20. The molecule has 0 unspecified atom stereocenters. The topological polar surface area (TPSA) is 51.2 Å². The normalized spacial score (nSPS) is 10.7. The van der Waals surface area contributed by atoms with Crippen LogP contribution in [0.5, 0.6) is 5.75 Å². The first-order valence-electron chi connectivity index (χ1n) is 8.32. The van der Waals surface area contributed by atoms with Crippen LogP contribution in [0.15, 0.2) is 42.5 Å². The van der Waals surface area contributed by atoms with Gasteiger partial charge in [0.25, 0.3) is 5.91 Å². The van der Waals surface area contributed by atoms with Crippen molar-refractivity contribution in [3.05, 3.63) is 70.2 Å². The van der Waals surface area contributed by atoms with Crippen molar-refractivity contribution >= 4 is 17.2 Å². The average Bonchev–Trinajstić information content (AvgIpc) is 3.03. The lowest BCUT2D eigenvalue weighted by molar-refractivity contribution is 0.0957. The number of aryl methyl sites for hydroxylation is 1. The highest BCUT2D eigenvalue weighted by molar-refractivity contribution is 7.17. The summed E-state index contributed by atoms with van der Waals surface area (Å²) in [4.78, 5) is 16.9. The Hall–Kier alpha value is -2.80. The second-order valence-corrected chi connectivity index (χ2v) is 6.88. The zero-order chi connectivity index (χ0) is 19.4. The first-order chi connectivity index (χ1) is 13.0. The molecule has 7 heteroatoms. The molecule has 2 aromatic carbocycles. The van der Waals surface area contributed by atoms with Gasteiger partial charge in [0.2, 0.25) is 0 Å². The van der Waals surface area contributed by atoms with Gasteiger partial charge >= 0.3 is 0 Å². The number of methoxy groups -OCH3 is 1. The van der Waals surface area contributed by atoms with Crippen LogP contribution in [-0.4, -0.2) is 24.5 Å². The van der Waals surface area contributed by atoms with E-state index in [2.05, 4.69) is 10.3 Å². The number of hydrogen-bond acceptors (Lipinski definition) is 4. The summed E-state index contributed by atoms with van der Waals surface area (Å²) in [6.07, 6.45) is 0.655. The summed E-state index contributed by atoms with van der Waals surface area (Å²) in [6.45, 7) is 2.09. The van der Waals surface area contributed by atoms with E-state index in [0.29, 0.717) is 23.5 Å². The van der Waals surface area contributed by atoms with Crippen molar-refractivity contribution in [2.75, 3.05) is 13.7 Å². The van der Waals surface area contributed by atoms with E-state index in [1.165, 1.54) is 18.2 Å². The van der Waals surface area contributed by atoms with Gasteiger partial charge in [0, 0.05) is 6.54 Å². The van der Waals surface area contributed by atoms with Gasteiger partial charge in [0.1, 0.15) is 27.3 Å². The highest BCUT2D eigenvalue weighted by Crippen LogP contribution is 2.31. The van der Waals surface area contributed by atoms with E-state index in [-0.39, 0.29) is 16.5 Å². The molecule has 0 fully saturated rings. The lowest BCUT2D eigenvalue weighted by atomic mass is 10.1. The standard InChI is InChI=1S/C20H18F2N2O2S/c1-12-18(27-20(24-12)17-15(21)4-3-5-16(17)22)19(25)23-11-10-13-6-8-14(26-2)9-7-13/h3-9H,10-11H2,1-2H3,(H,23,25). The van der Waals surface area contributed by atoms with Crippen molar-refractivity contribution in [2.24, 2.45) is 0 Å². The Morgan fingerprint density at radius 1 is 1.15 bits per heavy atom. The molecule has 0 spiro atoms. The maximum absolute atomic E-state index is 13.9. The van der Waals surface area contributed by atoms with Crippen LogP contribution in [0.2, 0.25) is 0 Å². The van der Waals surface area contributed by atoms with E-state index in [4.69, 9.17) is 4.74 Å². The lowest BCUT2D eigenvalue weighted by Gasteiger charge is -2.05. The molecular formula is C20H18F2N2O2S. The Labute approximate surface area is 159 Å². The number of nitrogens with one attached hydrogen (secondary N) is 1. The van der Waals surface area contributed by atoms with Crippen LogP contribution in [0.1, 0.15) is 20.9 Å². The third-order valence-corrected chi connectivity index (χ3v) is 5.21. The number of carbonyl (C=O) groups is 1. The molecule has 0 bridgehead atoms. The molecule has 1 N–H and O–H groups in total.